The average molecular weight is 620 g/mol. The van der Waals surface area contributed by atoms with Crippen LogP contribution in [-0.4, -0.2) is 84.5 Å². The number of H-pyrrole nitrogens is 1. The molecule has 1 unspecified atom stereocenters. The van der Waals surface area contributed by atoms with Crippen LogP contribution in [0.2, 0.25) is 0 Å². The molecule has 3 N–H and O–H groups in total. The van der Waals surface area contributed by atoms with Crippen molar-refractivity contribution in [3.05, 3.63) is 41.1 Å². The molecule has 2 heterocycles. The highest BCUT2D eigenvalue weighted by atomic mass is 16.7. The first kappa shape index (κ1) is 34.3. The van der Waals surface area contributed by atoms with Crippen LogP contribution in [0.3, 0.4) is 0 Å². The second-order valence-electron chi connectivity index (χ2n) is 10.6. The Hall–Kier alpha value is -4.17. The van der Waals surface area contributed by atoms with Crippen molar-refractivity contribution < 1.29 is 52.3 Å². The molecule has 1 aliphatic rings. The fourth-order valence-electron chi connectivity index (χ4n) is 4.68. The second kappa shape index (κ2) is 16.1. The molecule has 14 heteroatoms. The van der Waals surface area contributed by atoms with E-state index < -0.39 is 54.6 Å². The van der Waals surface area contributed by atoms with Crippen LogP contribution in [0.15, 0.2) is 24.3 Å². The minimum Gasteiger partial charge on any atom is -0.494 e. The van der Waals surface area contributed by atoms with E-state index in [1.807, 2.05) is 38.1 Å². The molecule has 0 aliphatic carbocycles. The molecule has 0 saturated carbocycles. The maximum absolute atomic E-state index is 12.2. The molecule has 3 rings (SSSR count). The Morgan fingerprint density at radius 3 is 2.09 bits per heavy atom. The summed E-state index contributed by atoms with van der Waals surface area (Å²) in [5.74, 6) is -1.92. The van der Waals surface area contributed by atoms with Crippen LogP contribution in [0, 0.1) is 0 Å². The molecular formula is C30H41N3O11. The van der Waals surface area contributed by atoms with E-state index in [0.29, 0.717) is 30.9 Å². The fourth-order valence-corrected chi connectivity index (χ4v) is 4.68. The zero-order valence-corrected chi connectivity index (χ0v) is 25.8. The van der Waals surface area contributed by atoms with Crippen LogP contribution in [-0.2, 0) is 49.3 Å². The molecular weight excluding hydrogens is 578 g/mol. The van der Waals surface area contributed by atoms with E-state index in [0.717, 1.165) is 38.4 Å². The number of nitrogens with zero attached hydrogens (tertiary/aromatic N) is 1. The van der Waals surface area contributed by atoms with Crippen molar-refractivity contribution in [1.29, 1.82) is 0 Å². The molecule has 1 aromatic carbocycles. The van der Waals surface area contributed by atoms with E-state index in [4.69, 9.17) is 38.9 Å². The number of hydrogen-bond acceptors (Lipinski definition) is 13. The van der Waals surface area contributed by atoms with Gasteiger partial charge in [-0.2, -0.15) is 0 Å². The van der Waals surface area contributed by atoms with Gasteiger partial charge in [-0.1, -0.05) is 26.0 Å². The Bertz CT molecular complexity index is 1280. The van der Waals surface area contributed by atoms with E-state index in [-0.39, 0.29) is 18.4 Å². The predicted molar refractivity (Wildman–Crippen MR) is 154 cm³/mol. The van der Waals surface area contributed by atoms with Gasteiger partial charge in [0, 0.05) is 45.4 Å². The number of hydrogen-bond donors (Lipinski definition) is 2. The van der Waals surface area contributed by atoms with Crippen molar-refractivity contribution in [3.8, 4) is 11.6 Å². The van der Waals surface area contributed by atoms with Crippen LogP contribution < -0.4 is 15.2 Å². The Labute approximate surface area is 255 Å². The van der Waals surface area contributed by atoms with Gasteiger partial charge in [0.25, 0.3) is 0 Å². The number of esters is 4. The number of ether oxygens (including phenoxy) is 7. The lowest BCUT2D eigenvalue weighted by molar-refractivity contribution is -0.289. The maximum Gasteiger partial charge on any atom is 0.303 e. The van der Waals surface area contributed by atoms with Gasteiger partial charge in [-0.25, -0.2) is 0 Å². The first-order valence-corrected chi connectivity index (χ1v) is 14.4. The van der Waals surface area contributed by atoms with Gasteiger partial charge >= 0.3 is 23.9 Å². The zero-order valence-electron chi connectivity index (χ0n) is 25.8. The van der Waals surface area contributed by atoms with Crippen LogP contribution in [0.25, 0.3) is 0 Å². The van der Waals surface area contributed by atoms with Crippen molar-refractivity contribution in [2.45, 2.75) is 91.0 Å². The molecule has 44 heavy (non-hydrogen) atoms. The van der Waals surface area contributed by atoms with Gasteiger partial charge < -0.3 is 38.9 Å². The Kier molecular flexibility index (Phi) is 12.5. The number of carbonyl (C=O) groups excluding carboxylic acids is 4. The molecule has 14 nitrogen and oxygen atoms in total. The third-order valence-corrected chi connectivity index (χ3v) is 6.54. The second-order valence-corrected chi connectivity index (χ2v) is 10.6. The zero-order chi connectivity index (χ0) is 32.4. The number of rotatable bonds is 14. The highest BCUT2D eigenvalue weighted by Crippen LogP contribution is 2.34. The number of aromatic nitrogens is 2. The maximum atomic E-state index is 12.2. The molecule has 1 aromatic heterocycles. The molecule has 0 spiro atoms. The summed E-state index contributed by atoms with van der Waals surface area (Å²) in [6.07, 6.45) is -5.44. The minimum atomic E-state index is -1.41. The van der Waals surface area contributed by atoms with Crippen LogP contribution in [0.5, 0.6) is 11.6 Å². The Morgan fingerprint density at radius 2 is 1.52 bits per heavy atom. The highest BCUT2D eigenvalue weighted by molar-refractivity contribution is 5.68. The molecule has 0 amide bonds. The first-order valence-electron chi connectivity index (χ1n) is 14.4. The molecule has 1 fully saturated rings. The summed E-state index contributed by atoms with van der Waals surface area (Å²) in [6, 6.07) is 7.57. The molecule has 0 bridgehead atoms. The molecule has 0 radical (unpaired) electrons. The molecule has 2 aromatic rings. The van der Waals surface area contributed by atoms with Gasteiger partial charge in [0.15, 0.2) is 12.2 Å². The molecule has 1 aliphatic heterocycles. The Morgan fingerprint density at radius 1 is 0.909 bits per heavy atom. The van der Waals surface area contributed by atoms with Gasteiger partial charge in [0.2, 0.25) is 18.3 Å². The number of nitrogens with one attached hydrogen (secondary N) is 1. The van der Waals surface area contributed by atoms with E-state index in [1.54, 1.807) is 0 Å². The van der Waals surface area contributed by atoms with Gasteiger partial charge in [-0.15, -0.1) is 5.10 Å². The highest BCUT2D eigenvalue weighted by Gasteiger charge is 2.53. The third kappa shape index (κ3) is 9.67. The van der Waals surface area contributed by atoms with Crippen molar-refractivity contribution in [1.82, 2.24) is 10.2 Å². The van der Waals surface area contributed by atoms with Crippen molar-refractivity contribution in [2.24, 2.45) is 5.73 Å². The summed E-state index contributed by atoms with van der Waals surface area (Å²) in [7, 11) is 0. The Balaban J connectivity index is 1.98. The number of carbonyl (C=O) groups is 4. The van der Waals surface area contributed by atoms with Crippen LogP contribution >= 0.6 is 0 Å². The van der Waals surface area contributed by atoms with Gasteiger partial charge in [-0.05, 0) is 36.6 Å². The molecule has 1 saturated heterocycles. The quantitative estimate of drug-likeness (QED) is 0.178. The van der Waals surface area contributed by atoms with Gasteiger partial charge in [0.1, 0.15) is 18.5 Å². The monoisotopic (exact) mass is 619 g/mol. The first-order chi connectivity index (χ1) is 20.9. The van der Waals surface area contributed by atoms with Crippen LogP contribution in [0.1, 0.15) is 70.7 Å². The minimum absolute atomic E-state index is 0.0316. The van der Waals surface area contributed by atoms with E-state index >= 15 is 0 Å². The smallest absolute Gasteiger partial charge is 0.303 e. The van der Waals surface area contributed by atoms with Gasteiger partial charge in [-0.3, -0.25) is 24.3 Å². The summed E-state index contributed by atoms with van der Waals surface area (Å²) in [6.45, 7) is 9.33. The normalized spacial score (nSPS) is 21.3. The fraction of sp³-hybridized carbons (Fsp3) is 0.567. The number of nitrogens with two attached hydrogens (primary N) is 1. The predicted octanol–water partition coefficient (Wildman–Crippen LogP) is 2.31. The topological polar surface area (TPSA) is 188 Å². The largest absolute Gasteiger partial charge is 0.494 e. The SMILES string of the molecule is CC(=O)OC[C@H]1OC(Oc2n[nH]c(C(C)C)c2Cc2ccc(OCCCN)cc2)[C@H](OC(C)=O)[C@@H](OC(C)=O)[C@@H]1OC(C)=O. The summed E-state index contributed by atoms with van der Waals surface area (Å²) in [4.78, 5) is 48.0. The summed E-state index contributed by atoms with van der Waals surface area (Å²) < 4.78 is 39.6. The summed E-state index contributed by atoms with van der Waals surface area (Å²) in [5, 5.41) is 7.39. The number of aromatic amines is 1. The van der Waals surface area contributed by atoms with Gasteiger partial charge in [0.05, 0.1) is 6.61 Å². The lowest BCUT2D eigenvalue weighted by atomic mass is 9.97. The lowest BCUT2D eigenvalue weighted by Crippen LogP contribution is -2.63. The standard InChI is InChI=1S/C30H41N3O11/c1-16(2)25-23(14-21-8-10-22(11-9-21)38-13-7-12-31)29(33-32-25)44-30-28(42-20(6)37)27(41-19(5)36)26(40-18(4)35)24(43-30)15-39-17(3)34/h8-11,16,24,26-28,30H,7,12-15,31H2,1-6H3,(H,32,33)/t24-,26-,27+,28-,30?/m1/s1. The number of benzene rings is 1. The van der Waals surface area contributed by atoms with Crippen molar-refractivity contribution in [3.63, 3.8) is 0 Å². The summed E-state index contributed by atoms with van der Waals surface area (Å²) >= 11 is 0. The van der Waals surface area contributed by atoms with Crippen LogP contribution in [0.4, 0.5) is 0 Å². The molecule has 5 atom stereocenters. The van der Waals surface area contributed by atoms with E-state index in [2.05, 4.69) is 10.2 Å². The average Bonchev–Trinajstić information content (AvgIpc) is 3.33. The molecule has 242 valence electrons. The van der Waals surface area contributed by atoms with E-state index in [9.17, 15) is 19.2 Å². The van der Waals surface area contributed by atoms with Crippen molar-refractivity contribution >= 4 is 23.9 Å². The third-order valence-electron chi connectivity index (χ3n) is 6.54. The summed E-state index contributed by atoms with van der Waals surface area (Å²) in [5.41, 5.74) is 7.99. The lowest BCUT2D eigenvalue weighted by Gasteiger charge is -2.43. The van der Waals surface area contributed by atoms with Crippen molar-refractivity contribution in [2.75, 3.05) is 19.8 Å². The van der Waals surface area contributed by atoms with E-state index in [1.165, 1.54) is 6.92 Å².